The third-order valence-electron chi connectivity index (χ3n) is 3.26. The molecule has 0 aromatic heterocycles. The van der Waals surface area contributed by atoms with E-state index < -0.39 is 0 Å². The van der Waals surface area contributed by atoms with Crippen LogP contribution in [0.3, 0.4) is 0 Å². The van der Waals surface area contributed by atoms with E-state index in [1.165, 1.54) is 5.56 Å². The lowest BCUT2D eigenvalue weighted by Crippen LogP contribution is -2.25. The first-order chi connectivity index (χ1) is 8.20. The van der Waals surface area contributed by atoms with Gasteiger partial charge in [-0.05, 0) is 42.4 Å². The lowest BCUT2D eigenvalue weighted by Gasteiger charge is -2.04. The SMILES string of the molecule is CCCC(=O)NC[C@@H]1C[C@H]1c1cccc(O)c1. The van der Waals surface area contributed by atoms with Gasteiger partial charge in [-0.15, -0.1) is 0 Å². The number of phenolic OH excluding ortho intramolecular Hbond substituents is 1. The highest BCUT2D eigenvalue weighted by atomic mass is 16.3. The average molecular weight is 233 g/mol. The first-order valence-corrected chi connectivity index (χ1v) is 6.26. The number of nitrogens with one attached hydrogen (secondary N) is 1. The number of carbonyl (C=O) groups excluding carboxylic acids is 1. The maximum Gasteiger partial charge on any atom is 0.219 e. The second kappa shape index (κ2) is 5.21. The number of hydrogen-bond donors (Lipinski definition) is 2. The molecule has 0 bridgehead atoms. The fraction of sp³-hybridized carbons (Fsp3) is 0.500. The van der Waals surface area contributed by atoms with Crippen molar-refractivity contribution in [3.8, 4) is 5.75 Å². The Bertz CT molecular complexity index is 403. The predicted molar refractivity (Wildman–Crippen MR) is 66.9 cm³/mol. The van der Waals surface area contributed by atoms with E-state index in [4.69, 9.17) is 0 Å². The van der Waals surface area contributed by atoms with Crippen LogP contribution in [0.4, 0.5) is 0 Å². The summed E-state index contributed by atoms with van der Waals surface area (Å²) in [7, 11) is 0. The first kappa shape index (κ1) is 12.0. The molecular weight excluding hydrogens is 214 g/mol. The molecule has 1 saturated carbocycles. The van der Waals surface area contributed by atoms with Crippen molar-refractivity contribution in [3.05, 3.63) is 29.8 Å². The standard InChI is InChI=1S/C14H19NO2/c1-2-4-14(17)15-9-11-8-13(11)10-5-3-6-12(16)7-10/h3,5-7,11,13,16H,2,4,8-9H2,1H3,(H,15,17)/t11-,13-/m0/s1. The number of amides is 1. The number of hydrogen-bond acceptors (Lipinski definition) is 2. The Hall–Kier alpha value is -1.51. The van der Waals surface area contributed by atoms with Gasteiger partial charge in [-0.25, -0.2) is 0 Å². The molecule has 0 radical (unpaired) electrons. The van der Waals surface area contributed by atoms with E-state index >= 15 is 0 Å². The number of benzene rings is 1. The third-order valence-corrected chi connectivity index (χ3v) is 3.26. The lowest BCUT2D eigenvalue weighted by molar-refractivity contribution is -0.121. The van der Waals surface area contributed by atoms with Crippen molar-refractivity contribution in [1.29, 1.82) is 0 Å². The molecule has 0 saturated heterocycles. The van der Waals surface area contributed by atoms with Crippen LogP contribution < -0.4 is 5.32 Å². The van der Waals surface area contributed by atoms with E-state index in [0.717, 1.165) is 19.4 Å². The van der Waals surface area contributed by atoms with Crippen molar-refractivity contribution in [2.45, 2.75) is 32.1 Å². The summed E-state index contributed by atoms with van der Waals surface area (Å²) >= 11 is 0. The molecule has 1 aliphatic rings. The monoisotopic (exact) mass is 233 g/mol. The highest BCUT2D eigenvalue weighted by Gasteiger charge is 2.38. The van der Waals surface area contributed by atoms with E-state index in [-0.39, 0.29) is 5.91 Å². The molecule has 0 unspecified atom stereocenters. The molecule has 1 fully saturated rings. The zero-order valence-electron chi connectivity index (χ0n) is 10.1. The van der Waals surface area contributed by atoms with Crippen LogP contribution in [-0.2, 0) is 4.79 Å². The number of carbonyl (C=O) groups is 1. The summed E-state index contributed by atoms with van der Waals surface area (Å²) in [5, 5.41) is 12.4. The van der Waals surface area contributed by atoms with E-state index in [0.29, 0.717) is 24.0 Å². The van der Waals surface area contributed by atoms with Crippen LogP contribution in [0.25, 0.3) is 0 Å². The molecule has 2 N–H and O–H groups in total. The predicted octanol–water partition coefficient (Wildman–Crippen LogP) is 2.41. The maximum absolute atomic E-state index is 11.3. The second-order valence-electron chi connectivity index (χ2n) is 4.75. The zero-order chi connectivity index (χ0) is 12.3. The van der Waals surface area contributed by atoms with Crippen molar-refractivity contribution in [2.24, 2.45) is 5.92 Å². The van der Waals surface area contributed by atoms with E-state index in [2.05, 4.69) is 5.32 Å². The van der Waals surface area contributed by atoms with E-state index in [9.17, 15) is 9.90 Å². The second-order valence-corrected chi connectivity index (χ2v) is 4.75. The topological polar surface area (TPSA) is 49.3 Å². The molecule has 2 rings (SSSR count). The van der Waals surface area contributed by atoms with Gasteiger partial charge in [0.15, 0.2) is 0 Å². The summed E-state index contributed by atoms with van der Waals surface area (Å²) in [5.41, 5.74) is 1.18. The van der Waals surface area contributed by atoms with Crippen LogP contribution in [0.5, 0.6) is 5.75 Å². The normalized spacial score (nSPS) is 22.2. The van der Waals surface area contributed by atoms with Gasteiger partial charge in [0.2, 0.25) is 5.91 Å². The zero-order valence-corrected chi connectivity index (χ0v) is 10.1. The summed E-state index contributed by atoms with van der Waals surface area (Å²) in [6, 6.07) is 7.41. The fourth-order valence-corrected chi connectivity index (χ4v) is 2.20. The quantitative estimate of drug-likeness (QED) is 0.820. The number of rotatable bonds is 5. The number of phenols is 1. The van der Waals surface area contributed by atoms with Crippen LogP contribution in [0, 0.1) is 5.92 Å². The highest BCUT2D eigenvalue weighted by molar-refractivity contribution is 5.75. The van der Waals surface area contributed by atoms with Gasteiger partial charge in [0.05, 0.1) is 0 Å². The van der Waals surface area contributed by atoms with Crippen LogP contribution in [0.2, 0.25) is 0 Å². The molecular formula is C14H19NO2. The van der Waals surface area contributed by atoms with Crippen molar-refractivity contribution < 1.29 is 9.90 Å². The van der Waals surface area contributed by atoms with Crippen molar-refractivity contribution in [2.75, 3.05) is 6.54 Å². The molecule has 1 aromatic rings. The third kappa shape index (κ3) is 3.22. The Morgan fingerprint density at radius 3 is 3.06 bits per heavy atom. The van der Waals surface area contributed by atoms with E-state index in [1.807, 2.05) is 25.1 Å². The van der Waals surface area contributed by atoms with Crippen LogP contribution >= 0.6 is 0 Å². The highest BCUT2D eigenvalue weighted by Crippen LogP contribution is 2.47. The Balaban J connectivity index is 1.79. The molecule has 3 nitrogen and oxygen atoms in total. The molecule has 1 aromatic carbocycles. The largest absolute Gasteiger partial charge is 0.508 e. The summed E-state index contributed by atoms with van der Waals surface area (Å²) in [4.78, 5) is 11.3. The number of aromatic hydroxyl groups is 1. The summed E-state index contributed by atoms with van der Waals surface area (Å²) in [6.07, 6.45) is 2.62. The lowest BCUT2D eigenvalue weighted by atomic mass is 10.1. The molecule has 3 heteroatoms. The minimum absolute atomic E-state index is 0.147. The maximum atomic E-state index is 11.3. The summed E-state index contributed by atoms with van der Waals surface area (Å²) in [6.45, 7) is 2.77. The molecule has 0 spiro atoms. The van der Waals surface area contributed by atoms with Gasteiger partial charge in [-0.1, -0.05) is 19.1 Å². The fourth-order valence-electron chi connectivity index (χ4n) is 2.20. The van der Waals surface area contributed by atoms with Gasteiger partial charge in [0.1, 0.15) is 5.75 Å². The smallest absolute Gasteiger partial charge is 0.219 e. The van der Waals surface area contributed by atoms with Gasteiger partial charge in [-0.2, -0.15) is 0 Å². The van der Waals surface area contributed by atoms with Crippen LogP contribution in [0.1, 0.15) is 37.7 Å². The Kier molecular flexibility index (Phi) is 3.67. The van der Waals surface area contributed by atoms with Crippen molar-refractivity contribution in [3.63, 3.8) is 0 Å². The minimum atomic E-state index is 0.147. The Morgan fingerprint density at radius 2 is 2.35 bits per heavy atom. The van der Waals surface area contributed by atoms with Crippen LogP contribution in [-0.4, -0.2) is 17.6 Å². The van der Waals surface area contributed by atoms with Crippen LogP contribution in [0.15, 0.2) is 24.3 Å². The van der Waals surface area contributed by atoms with E-state index in [1.54, 1.807) is 6.07 Å². The molecule has 2 atom stereocenters. The molecule has 1 amide bonds. The minimum Gasteiger partial charge on any atom is -0.508 e. The molecule has 0 aliphatic heterocycles. The van der Waals surface area contributed by atoms with Crippen molar-refractivity contribution in [1.82, 2.24) is 5.32 Å². The van der Waals surface area contributed by atoms with Gasteiger partial charge in [0.25, 0.3) is 0 Å². The Labute approximate surface area is 102 Å². The van der Waals surface area contributed by atoms with Crippen molar-refractivity contribution >= 4 is 5.91 Å². The van der Waals surface area contributed by atoms with Gasteiger partial charge in [0, 0.05) is 13.0 Å². The molecule has 1 aliphatic carbocycles. The molecule has 92 valence electrons. The van der Waals surface area contributed by atoms with Gasteiger partial charge < -0.3 is 10.4 Å². The Morgan fingerprint density at radius 1 is 1.53 bits per heavy atom. The van der Waals surface area contributed by atoms with Gasteiger partial charge in [-0.3, -0.25) is 4.79 Å². The molecule has 0 heterocycles. The average Bonchev–Trinajstić information content (AvgIpc) is 3.06. The van der Waals surface area contributed by atoms with Gasteiger partial charge >= 0.3 is 0 Å². The summed E-state index contributed by atoms with van der Waals surface area (Å²) in [5.74, 6) is 1.51. The summed E-state index contributed by atoms with van der Waals surface area (Å²) < 4.78 is 0. The molecule has 17 heavy (non-hydrogen) atoms. The first-order valence-electron chi connectivity index (χ1n) is 6.26.